The second-order valence-electron chi connectivity index (χ2n) is 4.32. The van der Waals surface area contributed by atoms with E-state index in [1.54, 1.807) is 10.9 Å². The van der Waals surface area contributed by atoms with E-state index >= 15 is 0 Å². The van der Waals surface area contributed by atoms with Gasteiger partial charge < -0.3 is 5.73 Å². The van der Waals surface area contributed by atoms with Crippen LogP contribution < -0.4 is 5.73 Å². The van der Waals surface area contributed by atoms with Gasteiger partial charge in [0.25, 0.3) is 0 Å². The van der Waals surface area contributed by atoms with Crippen molar-refractivity contribution in [3.8, 4) is 0 Å². The Morgan fingerprint density at radius 3 is 2.57 bits per heavy atom. The molecule has 1 rings (SSSR count). The lowest BCUT2D eigenvalue weighted by molar-refractivity contribution is 0.268. The first-order valence-electron chi connectivity index (χ1n) is 4.83. The third-order valence-electron chi connectivity index (χ3n) is 2.99. The molecule has 4 heteroatoms. The van der Waals surface area contributed by atoms with Crippen molar-refractivity contribution in [2.24, 2.45) is 18.2 Å². The van der Waals surface area contributed by atoms with Crippen LogP contribution >= 0.6 is 11.6 Å². The van der Waals surface area contributed by atoms with Gasteiger partial charge in [0, 0.05) is 7.05 Å². The van der Waals surface area contributed by atoms with Gasteiger partial charge >= 0.3 is 0 Å². The number of rotatable bonds is 3. The van der Waals surface area contributed by atoms with E-state index in [2.05, 4.69) is 25.9 Å². The van der Waals surface area contributed by atoms with Crippen LogP contribution in [0.25, 0.3) is 0 Å². The maximum absolute atomic E-state index is 6.18. The third kappa shape index (κ3) is 1.93. The summed E-state index contributed by atoms with van der Waals surface area (Å²) in [6, 6.07) is -0.0764. The molecule has 0 bridgehead atoms. The zero-order chi connectivity index (χ0) is 10.9. The van der Waals surface area contributed by atoms with Gasteiger partial charge in [-0.2, -0.15) is 5.10 Å². The lowest BCUT2D eigenvalue weighted by atomic mass is 9.81. The van der Waals surface area contributed by atoms with E-state index in [1.165, 1.54) is 0 Å². The fourth-order valence-electron chi connectivity index (χ4n) is 1.36. The SMILES string of the molecule is CCC(C)(C)C(N)c1c(Cl)cnn1C. The van der Waals surface area contributed by atoms with Crippen LogP contribution in [0.1, 0.15) is 38.9 Å². The van der Waals surface area contributed by atoms with E-state index in [9.17, 15) is 0 Å². The number of nitrogens with two attached hydrogens (primary N) is 1. The summed E-state index contributed by atoms with van der Waals surface area (Å²) < 4.78 is 1.75. The number of hydrogen-bond acceptors (Lipinski definition) is 2. The predicted octanol–water partition coefficient (Wildman–Crippen LogP) is 2.51. The Labute approximate surface area is 90.2 Å². The predicted molar refractivity (Wildman–Crippen MR) is 59.2 cm³/mol. The molecule has 0 aliphatic heterocycles. The van der Waals surface area contributed by atoms with Crippen molar-refractivity contribution < 1.29 is 0 Å². The van der Waals surface area contributed by atoms with Crippen molar-refractivity contribution in [3.05, 3.63) is 16.9 Å². The highest BCUT2D eigenvalue weighted by atomic mass is 35.5. The van der Waals surface area contributed by atoms with Crippen LogP contribution in [-0.4, -0.2) is 9.78 Å². The Bertz CT molecular complexity index is 298. The molecule has 0 aliphatic rings. The van der Waals surface area contributed by atoms with Gasteiger partial charge in [0.1, 0.15) is 0 Å². The van der Waals surface area contributed by atoms with Gasteiger partial charge in [0.15, 0.2) is 0 Å². The van der Waals surface area contributed by atoms with E-state index in [1.807, 2.05) is 7.05 Å². The molecule has 0 aliphatic carbocycles. The summed E-state index contributed by atoms with van der Waals surface area (Å²) in [6.07, 6.45) is 2.65. The molecule has 0 aromatic carbocycles. The Hall–Kier alpha value is -0.540. The van der Waals surface area contributed by atoms with Crippen LogP contribution in [0, 0.1) is 5.41 Å². The standard InChI is InChI=1S/C10H18ClN3/c1-5-10(2,3)9(12)8-7(11)6-13-14(8)4/h6,9H,5,12H2,1-4H3. The van der Waals surface area contributed by atoms with Gasteiger partial charge in [-0.05, 0) is 11.8 Å². The minimum absolute atomic E-state index is 0.0391. The molecule has 1 aromatic rings. The fourth-order valence-corrected chi connectivity index (χ4v) is 1.64. The van der Waals surface area contributed by atoms with Crippen LogP contribution in [0.4, 0.5) is 0 Å². The first-order valence-corrected chi connectivity index (χ1v) is 5.21. The highest BCUT2D eigenvalue weighted by Crippen LogP contribution is 2.36. The smallest absolute Gasteiger partial charge is 0.0834 e. The lowest BCUT2D eigenvalue weighted by Crippen LogP contribution is -2.30. The molecule has 1 heterocycles. The second kappa shape index (κ2) is 3.91. The normalized spacial score (nSPS) is 14.4. The summed E-state index contributed by atoms with van der Waals surface area (Å²) in [7, 11) is 1.87. The van der Waals surface area contributed by atoms with Crippen molar-refractivity contribution in [3.63, 3.8) is 0 Å². The van der Waals surface area contributed by atoms with Crippen LogP contribution in [-0.2, 0) is 7.05 Å². The minimum atomic E-state index is -0.0764. The van der Waals surface area contributed by atoms with E-state index in [0.29, 0.717) is 5.02 Å². The van der Waals surface area contributed by atoms with E-state index in [0.717, 1.165) is 12.1 Å². The number of halogens is 1. The van der Waals surface area contributed by atoms with Gasteiger partial charge in [-0.15, -0.1) is 0 Å². The lowest BCUT2D eigenvalue weighted by Gasteiger charge is -2.30. The second-order valence-corrected chi connectivity index (χ2v) is 4.73. The van der Waals surface area contributed by atoms with E-state index in [-0.39, 0.29) is 11.5 Å². The average molecular weight is 216 g/mol. The zero-order valence-electron chi connectivity index (χ0n) is 9.21. The highest BCUT2D eigenvalue weighted by Gasteiger charge is 2.29. The molecule has 2 N–H and O–H groups in total. The van der Waals surface area contributed by atoms with Gasteiger partial charge in [-0.1, -0.05) is 32.4 Å². The van der Waals surface area contributed by atoms with Crippen LogP contribution in [0.2, 0.25) is 5.02 Å². The monoisotopic (exact) mass is 215 g/mol. The van der Waals surface area contributed by atoms with Crippen LogP contribution in [0.5, 0.6) is 0 Å². The van der Waals surface area contributed by atoms with Gasteiger partial charge in [0.2, 0.25) is 0 Å². The molecule has 0 radical (unpaired) electrons. The maximum atomic E-state index is 6.18. The number of hydrogen-bond donors (Lipinski definition) is 1. The molecule has 0 fully saturated rings. The molecular formula is C10H18ClN3. The molecule has 0 saturated heterocycles. The molecule has 1 atom stereocenters. The molecule has 0 saturated carbocycles. The van der Waals surface area contributed by atoms with Crippen LogP contribution in [0.3, 0.4) is 0 Å². The molecule has 1 unspecified atom stereocenters. The molecule has 1 aromatic heterocycles. The Morgan fingerprint density at radius 1 is 1.64 bits per heavy atom. The summed E-state index contributed by atoms with van der Waals surface area (Å²) >= 11 is 6.04. The van der Waals surface area contributed by atoms with Crippen molar-refractivity contribution in [1.82, 2.24) is 9.78 Å². The highest BCUT2D eigenvalue weighted by molar-refractivity contribution is 6.31. The topological polar surface area (TPSA) is 43.8 Å². The van der Waals surface area contributed by atoms with Gasteiger partial charge in [-0.25, -0.2) is 0 Å². The quantitative estimate of drug-likeness (QED) is 0.842. The number of nitrogens with zero attached hydrogens (tertiary/aromatic N) is 2. The molecule has 3 nitrogen and oxygen atoms in total. The first kappa shape index (κ1) is 11.5. The summed E-state index contributed by atoms with van der Waals surface area (Å²) in [6.45, 7) is 6.41. The Balaban J connectivity index is 3.06. The van der Waals surface area contributed by atoms with E-state index < -0.39 is 0 Å². The molecule has 0 amide bonds. The number of aromatic nitrogens is 2. The number of aryl methyl sites for hydroxylation is 1. The Kier molecular flexibility index (Phi) is 3.22. The van der Waals surface area contributed by atoms with Crippen molar-refractivity contribution in [1.29, 1.82) is 0 Å². The maximum Gasteiger partial charge on any atom is 0.0834 e. The largest absolute Gasteiger partial charge is 0.322 e. The van der Waals surface area contributed by atoms with Gasteiger partial charge in [0.05, 0.1) is 23.0 Å². The first-order chi connectivity index (χ1) is 6.40. The van der Waals surface area contributed by atoms with Crippen molar-refractivity contribution in [2.75, 3.05) is 0 Å². The van der Waals surface area contributed by atoms with Crippen molar-refractivity contribution in [2.45, 2.75) is 33.2 Å². The molecule has 80 valence electrons. The average Bonchev–Trinajstić information content (AvgIpc) is 2.45. The summed E-state index contributed by atoms with van der Waals surface area (Å²) in [4.78, 5) is 0. The fraction of sp³-hybridized carbons (Fsp3) is 0.700. The van der Waals surface area contributed by atoms with Gasteiger partial charge in [-0.3, -0.25) is 4.68 Å². The summed E-state index contributed by atoms with van der Waals surface area (Å²) in [5.74, 6) is 0. The summed E-state index contributed by atoms with van der Waals surface area (Å²) in [5.41, 5.74) is 7.14. The van der Waals surface area contributed by atoms with Crippen LogP contribution in [0.15, 0.2) is 6.20 Å². The molecule has 0 spiro atoms. The third-order valence-corrected chi connectivity index (χ3v) is 3.28. The zero-order valence-corrected chi connectivity index (χ0v) is 9.97. The Morgan fingerprint density at radius 2 is 2.21 bits per heavy atom. The molecular weight excluding hydrogens is 198 g/mol. The minimum Gasteiger partial charge on any atom is -0.322 e. The van der Waals surface area contributed by atoms with Crippen molar-refractivity contribution >= 4 is 11.6 Å². The molecule has 14 heavy (non-hydrogen) atoms. The summed E-state index contributed by atoms with van der Waals surface area (Å²) in [5, 5.41) is 4.74. The van der Waals surface area contributed by atoms with E-state index in [4.69, 9.17) is 17.3 Å².